The van der Waals surface area contributed by atoms with Crippen LogP contribution >= 0.6 is 0 Å². The van der Waals surface area contributed by atoms with Gasteiger partial charge in [-0.3, -0.25) is 4.79 Å². The van der Waals surface area contributed by atoms with E-state index in [4.69, 9.17) is 0 Å². The molecular weight excluding hydrogens is 224 g/mol. The molecule has 2 aliphatic heterocycles. The quantitative estimate of drug-likeness (QED) is 0.836. The number of rotatable bonds is 3. The molecule has 104 valence electrons. The van der Waals surface area contributed by atoms with Crippen LogP contribution in [0.2, 0.25) is 0 Å². The second kappa shape index (κ2) is 5.20. The minimum absolute atomic E-state index is 0.140. The molecule has 0 saturated carbocycles. The standard InChI is InChI=1S/C15H28N2O/c1-4-15(5-2)7-10-17(11-8-15)13(18)14(3)6-9-16-12-14/h16H,4-12H2,1-3H3. The van der Waals surface area contributed by atoms with Crippen molar-refractivity contribution in [1.29, 1.82) is 0 Å². The van der Waals surface area contributed by atoms with Crippen molar-refractivity contribution < 1.29 is 4.79 Å². The molecule has 0 aliphatic carbocycles. The highest BCUT2D eigenvalue weighted by atomic mass is 16.2. The summed E-state index contributed by atoms with van der Waals surface area (Å²) in [6, 6.07) is 0. The fourth-order valence-electron chi connectivity index (χ4n) is 3.52. The number of piperidine rings is 1. The van der Waals surface area contributed by atoms with Crippen LogP contribution in [0.15, 0.2) is 0 Å². The van der Waals surface area contributed by atoms with Crippen molar-refractivity contribution >= 4 is 5.91 Å². The van der Waals surface area contributed by atoms with E-state index in [9.17, 15) is 4.79 Å². The predicted molar refractivity (Wildman–Crippen MR) is 74.4 cm³/mol. The highest BCUT2D eigenvalue weighted by molar-refractivity contribution is 5.83. The van der Waals surface area contributed by atoms with Gasteiger partial charge < -0.3 is 10.2 Å². The van der Waals surface area contributed by atoms with Gasteiger partial charge in [0.05, 0.1) is 5.41 Å². The number of nitrogens with one attached hydrogen (secondary N) is 1. The molecule has 2 aliphatic rings. The van der Waals surface area contributed by atoms with Crippen LogP contribution in [0.5, 0.6) is 0 Å². The largest absolute Gasteiger partial charge is 0.342 e. The molecule has 0 radical (unpaired) electrons. The molecule has 3 heteroatoms. The number of hydrogen-bond acceptors (Lipinski definition) is 2. The second-order valence-electron chi connectivity index (χ2n) is 6.49. The Morgan fingerprint density at radius 1 is 1.17 bits per heavy atom. The van der Waals surface area contributed by atoms with Crippen molar-refractivity contribution in [2.24, 2.45) is 10.8 Å². The molecule has 1 atom stereocenters. The zero-order chi connectivity index (χ0) is 13.2. The molecule has 1 N–H and O–H groups in total. The maximum Gasteiger partial charge on any atom is 0.229 e. The molecule has 1 amide bonds. The van der Waals surface area contributed by atoms with Crippen molar-refractivity contribution in [3.05, 3.63) is 0 Å². The van der Waals surface area contributed by atoms with Crippen molar-refractivity contribution in [2.45, 2.75) is 52.9 Å². The summed E-state index contributed by atoms with van der Waals surface area (Å²) in [5.41, 5.74) is 0.365. The second-order valence-corrected chi connectivity index (χ2v) is 6.49. The third kappa shape index (κ3) is 2.42. The van der Waals surface area contributed by atoms with Gasteiger partial charge in [-0.15, -0.1) is 0 Å². The summed E-state index contributed by atoms with van der Waals surface area (Å²) in [7, 11) is 0. The molecule has 0 aromatic heterocycles. The molecule has 0 aromatic rings. The van der Waals surface area contributed by atoms with Crippen LogP contribution in [0.25, 0.3) is 0 Å². The van der Waals surface area contributed by atoms with Crippen LogP contribution in [-0.4, -0.2) is 37.0 Å². The molecule has 3 nitrogen and oxygen atoms in total. The summed E-state index contributed by atoms with van der Waals surface area (Å²) in [4.78, 5) is 14.7. The molecule has 0 spiro atoms. The maximum atomic E-state index is 12.6. The van der Waals surface area contributed by atoms with Crippen LogP contribution < -0.4 is 5.32 Å². The fraction of sp³-hybridized carbons (Fsp3) is 0.933. The Kier molecular flexibility index (Phi) is 4.00. The summed E-state index contributed by atoms with van der Waals surface area (Å²) in [5.74, 6) is 0.383. The Balaban J connectivity index is 1.95. The van der Waals surface area contributed by atoms with Crippen LogP contribution in [0.4, 0.5) is 0 Å². The Morgan fingerprint density at radius 2 is 1.78 bits per heavy atom. The minimum atomic E-state index is -0.140. The first-order valence-electron chi connectivity index (χ1n) is 7.55. The van der Waals surface area contributed by atoms with Gasteiger partial charge in [0.25, 0.3) is 0 Å². The van der Waals surface area contributed by atoms with Crippen LogP contribution in [0, 0.1) is 10.8 Å². The third-order valence-corrected chi connectivity index (χ3v) is 5.50. The lowest BCUT2D eigenvalue weighted by Gasteiger charge is -2.43. The summed E-state index contributed by atoms with van der Waals surface area (Å²) in [6.07, 6.45) is 5.88. The van der Waals surface area contributed by atoms with Gasteiger partial charge in [0.15, 0.2) is 0 Å². The highest BCUT2D eigenvalue weighted by Gasteiger charge is 2.41. The summed E-state index contributed by atoms with van der Waals surface area (Å²) in [5, 5.41) is 3.32. The van der Waals surface area contributed by atoms with Crippen molar-refractivity contribution in [3.8, 4) is 0 Å². The van der Waals surface area contributed by atoms with Gasteiger partial charge in [0.1, 0.15) is 0 Å². The van der Waals surface area contributed by atoms with Crippen molar-refractivity contribution in [3.63, 3.8) is 0 Å². The summed E-state index contributed by atoms with van der Waals surface area (Å²) < 4.78 is 0. The molecule has 18 heavy (non-hydrogen) atoms. The SMILES string of the molecule is CCC1(CC)CCN(C(=O)C2(C)CCNC2)CC1. The van der Waals surface area contributed by atoms with Gasteiger partial charge in [-0.05, 0) is 38.1 Å². The number of nitrogens with zero attached hydrogens (tertiary/aromatic N) is 1. The van der Waals surface area contributed by atoms with E-state index in [1.807, 2.05) is 0 Å². The topological polar surface area (TPSA) is 32.3 Å². The Bertz CT molecular complexity index is 294. The monoisotopic (exact) mass is 252 g/mol. The van der Waals surface area contributed by atoms with Crippen LogP contribution in [-0.2, 0) is 4.79 Å². The third-order valence-electron chi connectivity index (χ3n) is 5.50. The lowest BCUT2D eigenvalue weighted by atomic mass is 9.73. The van der Waals surface area contributed by atoms with Gasteiger partial charge in [-0.1, -0.05) is 26.7 Å². The lowest BCUT2D eigenvalue weighted by Crippen LogP contribution is -2.49. The average Bonchev–Trinajstić information content (AvgIpc) is 2.86. The Morgan fingerprint density at radius 3 is 2.22 bits per heavy atom. The summed E-state index contributed by atoms with van der Waals surface area (Å²) in [6.45, 7) is 10.5. The van der Waals surface area contributed by atoms with Crippen molar-refractivity contribution in [2.75, 3.05) is 26.2 Å². The number of hydrogen-bond donors (Lipinski definition) is 1. The fourth-order valence-corrected chi connectivity index (χ4v) is 3.52. The van der Waals surface area contributed by atoms with Crippen LogP contribution in [0.3, 0.4) is 0 Å². The first-order chi connectivity index (χ1) is 8.55. The van der Waals surface area contributed by atoms with Gasteiger partial charge in [-0.2, -0.15) is 0 Å². The predicted octanol–water partition coefficient (Wildman–Crippen LogP) is 2.41. The van der Waals surface area contributed by atoms with E-state index in [0.717, 1.165) is 32.6 Å². The maximum absolute atomic E-state index is 12.6. The van der Waals surface area contributed by atoms with E-state index < -0.39 is 0 Å². The number of likely N-dealkylation sites (tertiary alicyclic amines) is 1. The summed E-state index contributed by atoms with van der Waals surface area (Å²) >= 11 is 0. The zero-order valence-electron chi connectivity index (χ0n) is 12.2. The van der Waals surface area contributed by atoms with Gasteiger partial charge in [-0.25, -0.2) is 0 Å². The van der Waals surface area contributed by atoms with E-state index in [1.165, 1.54) is 25.7 Å². The highest BCUT2D eigenvalue weighted by Crippen LogP contribution is 2.39. The minimum Gasteiger partial charge on any atom is -0.342 e. The van der Waals surface area contributed by atoms with Gasteiger partial charge in [0.2, 0.25) is 5.91 Å². The van der Waals surface area contributed by atoms with E-state index >= 15 is 0 Å². The Hall–Kier alpha value is -0.570. The van der Waals surface area contributed by atoms with Gasteiger partial charge >= 0.3 is 0 Å². The lowest BCUT2D eigenvalue weighted by molar-refractivity contribution is -0.142. The number of carbonyl (C=O) groups is 1. The molecule has 0 aromatic carbocycles. The van der Waals surface area contributed by atoms with E-state index in [2.05, 4.69) is 31.0 Å². The molecule has 2 rings (SSSR count). The normalized spacial score (nSPS) is 31.6. The molecule has 0 bridgehead atoms. The number of amides is 1. The van der Waals surface area contributed by atoms with E-state index in [-0.39, 0.29) is 5.41 Å². The zero-order valence-corrected chi connectivity index (χ0v) is 12.2. The van der Waals surface area contributed by atoms with Crippen molar-refractivity contribution in [1.82, 2.24) is 10.2 Å². The molecule has 2 saturated heterocycles. The van der Waals surface area contributed by atoms with E-state index in [0.29, 0.717) is 11.3 Å². The molecule has 2 fully saturated rings. The van der Waals surface area contributed by atoms with Gasteiger partial charge in [0, 0.05) is 19.6 Å². The molecular formula is C15H28N2O. The smallest absolute Gasteiger partial charge is 0.229 e. The first kappa shape index (κ1) is 13.9. The number of carbonyl (C=O) groups excluding carboxylic acids is 1. The molecule has 1 unspecified atom stereocenters. The Labute approximate surface area is 111 Å². The van der Waals surface area contributed by atoms with Crippen LogP contribution in [0.1, 0.15) is 52.9 Å². The van der Waals surface area contributed by atoms with E-state index in [1.54, 1.807) is 0 Å². The first-order valence-corrected chi connectivity index (χ1v) is 7.55. The average molecular weight is 252 g/mol. The molecule has 2 heterocycles.